The molecule has 0 bridgehead atoms. The van der Waals surface area contributed by atoms with Gasteiger partial charge in [-0.25, -0.2) is 0 Å². The molecule has 1 aromatic carbocycles. The molecular weight excluding hydrogens is 240 g/mol. The summed E-state index contributed by atoms with van der Waals surface area (Å²) in [6, 6.07) is 7.12. The summed E-state index contributed by atoms with van der Waals surface area (Å²) >= 11 is 0. The molecule has 106 valence electrons. The molecule has 1 aliphatic rings. The van der Waals surface area contributed by atoms with E-state index in [9.17, 15) is 0 Å². The van der Waals surface area contributed by atoms with Crippen LogP contribution in [0.4, 0.5) is 5.69 Å². The zero-order valence-electron chi connectivity index (χ0n) is 12.3. The molecule has 1 atom stereocenters. The molecule has 1 unspecified atom stereocenters. The predicted octanol–water partition coefficient (Wildman–Crippen LogP) is 2.60. The van der Waals surface area contributed by atoms with Crippen LogP contribution in [-0.4, -0.2) is 44.3 Å². The lowest BCUT2D eigenvalue weighted by Gasteiger charge is -2.21. The maximum absolute atomic E-state index is 5.33. The minimum Gasteiger partial charge on any atom is -0.493 e. The van der Waals surface area contributed by atoms with Crippen molar-refractivity contribution in [3.63, 3.8) is 0 Å². The minimum absolute atomic E-state index is 0.514. The van der Waals surface area contributed by atoms with Crippen molar-refractivity contribution in [1.82, 2.24) is 4.90 Å². The normalized spacial score (nSPS) is 19.7. The van der Waals surface area contributed by atoms with Crippen molar-refractivity contribution < 1.29 is 9.47 Å². The van der Waals surface area contributed by atoms with Crippen LogP contribution >= 0.6 is 0 Å². The summed E-state index contributed by atoms with van der Waals surface area (Å²) in [5, 5.41) is 3.57. The lowest BCUT2D eigenvalue weighted by Crippen LogP contribution is -2.31. The topological polar surface area (TPSA) is 33.7 Å². The molecular formula is C15H24N2O2. The van der Waals surface area contributed by atoms with E-state index in [1.807, 2.05) is 18.2 Å². The Labute approximate surface area is 115 Å². The Hall–Kier alpha value is -1.42. The van der Waals surface area contributed by atoms with Crippen molar-refractivity contribution >= 4 is 5.69 Å². The Morgan fingerprint density at radius 1 is 1.21 bits per heavy atom. The molecule has 4 nitrogen and oxygen atoms in total. The molecule has 1 N–H and O–H groups in total. The fourth-order valence-corrected chi connectivity index (χ4v) is 2.54. The molecule has 0 radical (unpaired) electrons. The van der Waals surface area contributed by atoms with E-state index < -0.39 is 0 Å². The summed E-state index contributed by atoms with van der Waals surface area (Å²) in [6.45, 7) is 6.77. The Kier molecular flexibility index (Phi) is 4.53. The number of nitrogens with zero attached hydrogens (tertiary/aromatic N) is 1. The van der Waals surface area contributed by atoms with Gasteiger partial charge < -0.3 is 14.8 Å². The first-order valence-electron chi connectivity index (χ1n) is 6.86. The molecule has 0 spiro atoms. The average molecular weight is 264 g/mol. The monoisotopic (exact) mass is 264 g/mol. The van der Waals surface area contributed by atoms with Gasteiger partial charge in [-0.15, -0.1) is 0 Å². The Morgan fingerprint density at radius 2 is 1.95 bits per heavy atom. The molecule has 1 aliphatic heterocycles. The number of anilines is 1. The van der Waals surface area contributed by atoms with E-state index in [4.69, 9.17) is 9.47 Å². The molecule has 1 fully saturated rings. The van der Waals surface area contributed by atoms with Crippen molar-refractivity contribution in [2.24, 2.45) is 0 Å². The first kappa shape index (κ1) is 14.0. The van der Waals surface area contributed by atoms with E-state index in [1.54, 1.807) is 14.2 Å². The summed E-state index contributed by atoms with van der Waals surface area (Å²) in [4.78, 5) is 2.50. The molecule has 0 amide bonds. The van der Waals surface area contributed by atoms with Crippen LogP contribution in [0, 0.1) is 0 Å². The number of likely N-dealkylation sites (tertiary alicyclic amines) is 1. The number of methoxy groups -OCH3 is 2. The van der Waals surface area contributed by atoms with E-state index in [1.165, 1.54) is 13.0 Å². The number of hydrogen-bond acceptors (Lipinski definition) is 4. The number of ether oxygens (including phenoxy) is 2. The van der Waals surface area contributed by atoms with E-state index in [-0.39, 0.29) is 0 Å². The molecule has 0 saturated carbocycles. The Bertz CT molecular complexity index is 421. The highest BCUT2D eigenvalue weighted by Crippen LogP contribution is 2.30. The van der Waals surface area contributed by atoms with Crippen molar-refractivity contribution in [2.75, 3.05) is 32.6 Å². The number of hydrogen-bond donors (Lipinski definition) is 1. The molecule has 1 saturated heterocycles. The Morgan fingerprint density at radius 3 is 2.53 bits per heavy atom. The van der Waals surface area contributed by atoms with Crippen LogP contribution in [0.2, 0.25) is 0 Å². The van der Waals surface area contributed by atoms with Gasteiger partial charge in [-0.3, -0.25) is 4.90 Å². The first-order valence-corrected chi connectivity index (χ1v) is 6.86. The van der Waals surface area contributed by atoms with Crippen LogP contribution in [0.5, 0.6) is 11.5 Å². The van der Waals surface area contributed by atoms with Gasteiger partial charge in [-0.2, -0.15) is 0 Å². The van der Waals surface area contributed by atoms with E-state index in [2.05, 4.69) is 24.1 Å². The lowest BCUT2D eigenvalue weighted by atomic mass is 10.2. The van der Waals surface area contributed by atoms with Crippen molar-refractivity contribution in [3.8, 4) is 11.5 Å². The standard InChI is InChI=1S/C15H24N2O2/c1-11(2)17-8-7-13(10-17)16-12-5-6-14(18-3)15(9-12)19-4/h5-6,9,11,13,16H,7-8,10H2,1-4H3. The molecule has 0 aliphatic carbocycles. The van der Waals surface area contributed by atoms with Gasteiger partial charge in [-0.05, 0) is 32.4 Å². The highest BCUT2D eigenvalue weighted by molar-refractivity contribution is 5.55. The van der Waals surface area contributed by atoms with Crippen LogP contribution in [0.3, 0.4) is 0 Å². The van der Waals surface area contributed by atoms with Crippen LogP contribution < -0.4 is 14.8 Å². The van der Waals surface area contributed by atoms with Crippen LogP contribution in [0.1, 0.15) is 20.3 Å². The summed E-state index contributed by atoms with van der Waals surface area (Å²) in [7, 11) is 3.32. The zero-order valence-corrected chi connectivity index (χ0v) is 12.3. The maximum Gasteiger partial charge on any atom is 0.162 e. The van der Waals surface area contributed by atoms with Gasteiger partial charge in [0.05, 0.1) is 14.2 Å². The van der Waals surface area contributed by atoms with E-state index in [0.717, 1.165) is 23.7 Å². The summed E-state index contributed by atoms with van der Waals surface area (Å²) in [5.41, 5.74) is 1.09. The van der Waals surface area contributed by atoms with Crippen molar-refractivity contribution in [1.29, 1.82) is 0 Å². The molecule has 2 rings (SSSR count). The largest absolute Gasteiger partial charge is 0.493 e. The maximum atomic E-state index is 5.33. The van der Waals surface area contributed by atoms with Crippen molar-refractivity contribution in [3.05, 3.63) is 18.2 Å². The molecule has 1 aromatic rings. The quantitative estimate of drug-likeness (QED) is 0.886. The van der Waals surface area contributed by atoms with Gasteiger partial charge in [-0.1, -0.05) is 0 Å². The Balaban J connectivity index is 2.00. The second kappa shape index (κ2) is 6.15. The van der Waals surface area contributed by atoms with E-state index >= 15 is 0 Å². The third-order valence-electron chi connectivity index (χ3n) is 3.70. The number of benzene rings is 1. The van der Waals surface area contributed by atoms with Gasteiger partial charge >= 0.3 is 0 Å². The smallest absolute Gasteiger partial charge is 0.162 e. The van der Waals surface area contributed by atoms with Gasteiger partial charge in [0.1, 0.15) is 0 Å². The highest BCUT2D eigenvalue weighted by atomic mass is 16.5. The third kappa shape index (κ3) is 3.32. The fraction of sp³-hybridized carbons (Fsp3) is 0.600. The second-order valence-electron chi connectivity index (χ2n) is 5.29. The third-order valence-corrected chi connectivity index (χ3v) is 3.70. The van der Waals surface area contributed by atoms with E-state index in [0.29, 0.717) is 12.1 Å². The van der Waals surface area contributed by atoms with Crippen LogP contribution in [0.15, 0.2) is 18.2 Å². The summed E-state index contributed by atoms with van der Waals surface area (Å²) in [5.74, 6) is 1.54. The number of rotatable bonds is 5. The first-order chi connectivity index (χ1) is 9.13. The van der Waals surface area contributed by atoms with Crippen LogP contribution in [-0.2, 0) is 0 Å². The lowest BCUT2D eigenvalue weighted by molar-refractivity contribution is 0.274. The number of nitrogens with one attached hydrogen (secondary N) is 1. The fourth-order valence-electron chi connectivity index (χ4n) is 2.54. The minimum atomic E-state index is 0.514. The van der Waals surface area contributed by atoms with Gasteiger partial charge in [0.25, 0.3) is 0 Å². The predicted molar refractivity (Wildman–Crippen MR) is 78.3 cm³/mol. The van der Waals surface area contributed by atoms with Gasteiger partial charge in [0, 0.05) is 36.9 Å². The van der Waals surface area contributed by atoms with Crippen LogP contribution in [0.25, 0.3) is 0 Å². The summed E-state index contributed by atoms with van der Waals surface area (Å²) in [6.07, 6.45) is 1.19. The second-order valence-corrected chi connectivity index (χ2v) is 5.29. The average Bonchev–Trinajstić information content (AvgIpc) is 2.87. The van der Waals surface area contributed by atoms with Crippen molar-refractivity contribution in [2.45, 2.75) is 32.4 Å². The molecule has 0 aromatic heterocycles. The van der Waals surface area contributed by atoms with Gasteiger partial charge in [0.15, 0.2) is 11.5 Å². The van der Waals surface area contributed by atoms with Gasteiger partial charge in [0.2, 0.25) is 0 Å². The zero-order chi connectivity index (χ0) is 13.8. The molecule has 19 heavy (non-hydrogen) atoms. The molecule has 1 heterocycles. The SMILES string of the molecule is COc1ccc(NC2CCN(C(C)C)C2)cc1OC. The summed E-state index contributed by atoms with van der Waals surface area (Å²) < 4.78 is 10.6. The molecule has 4 heteroatoms. The highest BCUT2D eigenvalue weighted by Gasteiger charge is 2.24.